The van der Waals surface area contributed by atoms with Gasteiger partial charge in [0.15, 0.2) is 5.60 Å². The lowest BCUT2D eigenvalue weighted by molar-refractivity contribution is -0.142. The molecule has 0 aromatic heterocycles. The predicted octanol–water partition coefficient (Wildman–Crippen LogP) is 1.81. The van der Waals surface area contributed by atoms with Crippen molar-refractivity contribution in [2.45, 2.75) is 25.4 Å². The first-order chi connectivity index (χ1) is 7.17. The molecule has 0 saturated carbocycles. The fraction of sp³-hybridized carbons (Fsp3) is 0.417. The minimum absolute atomic E-state index is 0.432. The summed E-state index contributed by atoms with van der Waals surface area (Å²) in [6.45, 7) is 2.00. The summed E-state index contributed by atoms with van der Waals surface area (Å²) in [6.07, 6.45) is 1.44. The summed E-state index contributed by atoms with van der Waals surface area (Å²) in [5, 5.41) is 0. The average Bonchev–Trinajstić information content (AvgIpc) is 2.26. The van der Waals surface area contributed by atoms with Gasteiger partial charge < -0.3 is 10.5 Å². The van der Waals surface area contributed by atoms with Crippen molar-refractivity contribution >= 4 is 5.91 Å². The number of hydrogen-bond donors (Lipinski definition) is 1. The number of hydrogen-bond acceptors (Lipinski definition) is 2. The molecule has 1 aromatic rings. The van der Waals surface area contributed by atoms with E-state index >= 15 is 0 Å². The van der Waals surface area contributed by atoms with Crippen LogP contribution in [0.15, 0.2) is 30.3 Å². The maximum Gasteiger partial charge on any atom is 0.254 e. The highest BCUT2D eigenvalue weighted by Crippen LogP contribution is 2.29. The van der Waals surface area contributed by atoms with E-state index in [-0.39, 0.29) is 0 Å². The molecule has 15 heavy (non-hydrogen) atoms. The molecule has 1 aromatic carbocycles. The standard InChI is InChI=1S/C12H17NO2/c1-3-9-12(15-2,11(13)14)10-7-5-4-6-8-10/h4-8H,3,9H2,1-2H3,(H2,13,14). The van der Waals surface area contributed by atoms with Gasteiger partial charge in [0.05, 0.1) is 0 Å². The van der Waals surface area contributed by atoms with E-state index in [1.807, 2.05) is 37.3 Å². The van der Waals surface area contributed by atoms with Crippen molar-refractivity contribution in [3.05, 3.63) is 35.9 Å². The number of nitrogens with two attached hydrogens (primary N) is 1. The van der Waals surface area contributed by atoms with Gasteiger partial charge in [0.25, 0.3) is 5.91 Å². The van der Waals surface area contributed by atoms with E-state index in [0.717, 1.165) is 12.0 Å². The van der Waals surface area contributed by atoms with Crippen LogP contribution in [0.1, 0.15) is 25.3 Å². The van der Waals surface area contributed by atoms with Crippen LogP contribution in [-0.2, 0) is 15.1 Å². The highest BCUT2D eigenvalue weighted by molar-refractivity contribution is 5.85. The Morgan fingerprint density at radius 2 is 2.00 bits per heavy atom. The molecule has 0 radical (unpaired) electrons. The minimum atomic E-state index is -0.976. The minimum Gasteiger partial charge on any atom is -0.367 e. The highest BCUT2D eigenvalue weighted by atomic mass is 16.5. The Morgan fingerprint density at radius 3 is 2.40 bits per heavy atom. The third-order valence-electron chi connectivity index (χ3n) is 2.59. The van der Waals surface area contributed by atoms with Gasteiger partial charge in [-0.1, -0.05) is 43.7 Å². The van der Waals surface area contributed by atoms with Gasteiger partial charge in [-0.2, -0.15) is 0 Å². The molecule has 0 bridgehead atoms. The molecule has 3 heteroatoms. The molecular formula is C12H17NO2. The van der Waals surface area contributed by atoms with Crippen LogP contribution in [0.5, 0.6) is 0 Å². The fourth-order valence-corrected chi connectivity index (χ4v) is 1.79. The van der Waals surface area contributed by atoms with Gasteiger partial charge in [-0.15, -0.1) is 0 Å². The highest BCUT2D eigenvalue weighted by Gasteiger charge is 2.37. The van der Waals surface area contributed by atoms with Crippen molar-refractivity contribution in [3.8, 4) is 0 Å². The Labute approximate surface area is 90.2 Å². The van der Waals surface area contributed by atoms with E-state index in [4.69, 9.17) is 10.5 Å². The van der Waals surface area contributed by atoms with Crippen molar-refractivity contribution in [1.29, 1.82) is 0 Å². The molecule has 0 aliphatic heterocycles. The monoisotopic (exact) mass is 207 g/mol. The van der Waals surface area contributed by atoms with Crippen LogP contribution in [0.4, 0.5) is 0 Å². The zero-order valence-electron chi connectivity index (χ0n) is 9.19. The van der Waals surface area contributed by atoms with Gasteiger partial charge in [-0.25, -0.2) is 0 Å². The van der Waals surface area contributed by atoms with Crippen LogP contribution in [0.25, 0.3) is 0 Å². The van der Waals surface area contributed by atoms with E-state index in [0.29, 0.717) is 6.42 Å². The van der Waals surface area contributed by atoms with Gasteiger partial charge in [0.2, 0.25) is 0 Å². The van der Waals surface area contributed by atoms with Crippen LogP contribution in [0.2, 0.25) is 0 Å². The second-order valence-electron chi connectivity index (χ2n) is 3.51. The molecular weight excluding hydrogens is 190 g/mol. The average molecular weight is 207 g/mol. The normalized spacial score (nSPS) is 14.5. The van der Waals surface area contributed by atoms with E-state index in [9.17, 15) is 4.79 Å². The molecule has 82 valence electrons. The van der Waals surface area contributed by atoms with E-state index in [1.165, 1.54) is 7.11 Å². The molecule has 1 atom stereocenters. The van der Waals surface area contributed by atoms with Crippen LogP contribution >= 0.6 is 0 Å². The SMILES string of the molecule is CCCC(OC)(C(N)=O)c1ccccc1. The third kappa shape index (κ3) is 2.18. The lowest BCUT2D eigenvalue weighted by Gasteiger charge is -2.29. The smallest absolute Gasteiger partial charge is 0.254 e. The number of amides is 1. The Bertz CT molecular complexity index is 324. The van der Waals surface area contributed by atoms with E-state index in [2.05, 4.69) is 0 Å². The summed E-state index contributed by atoms with van der Waals surface area (Å²) in [6, 6.07) is 9.38. The van der Waals surface area contributed by atoms with Crippen molar-refractivity contribution < 1.29 is 9.53 Å². The molecule has 0 saturated heterocycles. The lowest BCUT2D eigenvalue weighted by Crippen LogP contribution is -2.42. The fourth-order valence-electron chi connectivity index (χ4n) is 1.79. The number of carbonyl (C=O) groups is 1. The van der Waals surface area contributed by atoms with E-state index in [1.54, 1.807) is 0 Å². The van der Waals surface area contributed by atoms with Crippen LogP contribution < -0.4 is 5.73 Å². The topological polar surface area (TPSA) is 52.3 Å². The Balaban J connectivity index is 3.15. The quantitative estimate of drug-likeness (QED) is 0.800. The van der Waals surface area contributed by atoms with Gasteiger partial charge in [-0.05, 0) is 12.0 Å². The van der Waals surface area contributed by atoms with Gasteiger partial charge in [0, 0.05) is 7.11 Å². The largest absolute Gasteiger partial charge is 0.367 e. The number of rotatable bonds is 5. The molecule has 0 aliphatic carbocycles. The maximum atomic E-state index is 11.5. The first-order valence-electron chi connectivity index (χ1n) is 5.08. The number of ether oxygens (including phenoxy) is 1. The number of carbonyl (C=O) groups excluding carboxylic acids is 1. The Kier molecular flexibility index (Phi) is 3.86. The van der Waals surface area contributed by atoms with E-state index < -0.39 is 11.5 Å². The number of methoxy groups -OCH3 is 1. The zero-order valence-corrected chi connectivity index (χ0v) is 9.19. The lowest BCUT2D eigenvalue weighted by atomic mass is 9.88. The zero-order chi connectivity index (χ0) is 11.3. The molecule has 1 unspecified atom stereocenters. The first kappa shape index (κ1) is 11.7. The summed E-state index contributed by atoms with van der Waals surface area (Å²) >= 11 is 0. The van der Waals surface area contributed by atoms with Crippen molar-refractivity contribution in [3.63, 3.8) is 0 Å². The number of benzene rings is 1. The molecule has 0 spiro atoms. The molecule has 2 N–H and O–H groups in total. The molecule has 1 rings (SSSR count). The van der Waals surface area contributed by atoms with Crippen molar-refractivity contribution in [2.75, 3.05) is 7.11 Å². The molecule has 0 aliphatic rings. The van der Waals surface area contributed by atoms with Crippen LogP contribution in [0, 0.1) is 0 Å². The summed E-state index contributed by atoms with van der Waals surface area (Å²) in [5.74, 6) is -0.432. The van der Waals surface area contributed by atoms with Gasteiger partial charge in [0.1, 0.15) is 0 Å². The second-order valence-corrected chi connectivity index (χ2v) is 3.51. The predicted molar refractivity (Wildman–Crippen MR) is 59.2 cm³/mol. The molecule has 1 amide bonds. The Hall–Kier alpha value is -1.35. The van der Waals surface area contributed by atoms with Crippen molar-refractivity contribution in [1.82, 2.24) is 0 Å². The van der Waals surface area contributed by atoms with Gasteiger partial charge >= 0.3 is 0 Å². The molecule has 0 fully saturated rings. The van der Waals surface area contributed by atoms with Crippen LogP contribution in [0.3, 0.4) is 0 Å². The molecule has 3 nitrogen and oxygen atoms in total. The second kappa shape index (κ2) is 4.94. The van der Waals surface area contributed by atoms with Gasteiger partial charge in [-0.3, -0.25) is 4.79 Å². The summed E-state index contributed by atoms with van der Waals surface area (Å²) in [4.78, 5) is 11.5. The maximum absolute atomic E-state index is 11.5. The third-order valence-corrected chi connectivity index (χ3v) is 2.59. The number of primary amides is 1. The summed E-state index contributed by atoms with van der Waals surface area (Å²) in [7, 11) is 1.52. The van der Waals surface area contributed by atoms with Crippen LogP contribution in [-0.4, -0.2) is 13.0 Å². The summed E-state index contributed by atoms with van der Waals surface area (Å²) in [5.41, 5.74) is 5.28. The van der Waals surface area contributed by atoms with Crippen molar-refractivity contribution in [2.24, 2.45) is 5.73 Å². The Morgan fingerprint density at radius 1 is 1.40 bits per heavy atom. The summed E-state index contributed by atoms with van der Waals surface area (Å²) < 4.78 is 5.35. The molecule has 0 heterocycles. The first-order valence-corrected chi connectivity index (χ1v) is 5.08.